The second-order valence-electron chi connectivity index (χ2n) is 11.0. The zero-order valence-corrected chi connectivity index (χ0v) is 23.4. The van der Waals surface area contributed by atoms with Gasteiger partial charge in [0.05, 0.1) is 18.6 Å². The molecule has 0 fully saturated rings. The van der Waals surface area contributed by atoms with Crippen LogP contribution in [0.2, 0.25) is 0 Å². The summed E-state index contributed by atoms with van der Waals surface area (Å²) < 4.78 is 4.34. The van der Waals surface area contributed by atoms with Crippen molar-refractivity contribution in [2.75, 3.05) is 0 Å². The second kappa shape index (κ2) is 10.7. The van der Waals surface area contributed by atoms with Crippen LogP contribution in [0.1, 0.15) is 44.9 Å². The predicted molar refractivity (Wildman–Crippen MR) is 167 cm³/mol. The van der Waals surface area contributed by atoms with Crippen LogP contribution in [0.5, 0.6) is 0 Å². The summed E-state index contributed by atoms with van der Waals surface area (Å²) in [7, 11) is 0. The Bertz CT molecular complexity index is 1810. The van der Waals surface area contributed by atoms with E-state index in [1.54, 1.807) is 0 Å². The van der Waals surface area contributed by atoms with Gasteiger partial charge in [-0.15, -0.1) is 6.42 Å². The van der Waals surface area contributed by atoms with Gasteiger partial charge in [-0.25, -0.2) is 4.98 Å². The van der Waals surface area contributed by atoms with Crippen molar-refractivity contribution in [3.8, 4) is 12.3 Å². The molecule has 1 unspecified atom stereocenters. The maximum atomic E-state index is 14.2. The van der Waals surface area contributed by atoms with Crippen molar-refractivity contribution < 1.29 is 4.79 Å². The van der Waals surface area contributed by atoms with E-state index in [1.807, 2.05) is 41.4 Å². The van der Waals surface area contributed by atoms with Crippen molar-refractivity contribution in [1.29, 1.82) is 0 Å². The van der Waals surface area contributed by atoms with Gasteiger partial charge < -0.3 is 9.13 Å². The van der Waals surface area contributed by atoms with Gasteiger partial charge in [0.25, 0.3) is 0 Å². The third-order valence-electron chi connectivity index (χ3n) is 8.74. The smallest absolute Gasteiger partial charge is 0.168 e. The molecule has 0 spiro atoms. The van der Waals surface area contributed by atoms with E-state index in [0.29, 0.717) is 13.0 Å². The van der Waals surface area contributed by atoms with Crippen molar-refractivity contribution in [2.24, 2.45) is 5.92 Å². The molecule has 6 aromatic rings. The molecule has 1 aliphatic rings. The molecule has 42 heavy (non-hydrogen) atoms. The Morgan fingerprint density at radius 3 is 2.00 bits per heavy atom. The summed E-state index contributed by atoms with van der Waals surface area (Å²) in [6.45, 7) is 0.434. The number of carbonyl (C=O) groups excluding carboxylic acids is 1. The molecule has 2 aromatic heterocycles. The number of para-hydroxylation sites is 1. The predicted octanol–water partition coefficient (Wildman–Crippen LogP) is 7.30. The van der Waals surface area contributed by atoms with Gasteiger partial charge in [-0.3, -0.25) is 4.79 Å². The first-order chi connectivity index (χ1) is 20.7. The molecule has 0 saturated heterocycles. The third-order valence-corrected chi connectivity index (χ3v) is 8.74. The summed E-state index contributed by atoms with van der Waals surface area (Å²) in [6, 6.07) is 39.9. The van der Waals surface area contributed by atoms with Crippen LogP contribution < -0.4 is 0 Å². The second-order valence-corrected chi connectivity index (χ2v) is 11.0. The van der Waals surface area contributed by atoms with Crippen LogP contribution in [0.3, 0.4) is 0 Å². The van der Waals surface area contributed by atoms with E-state index in [1.165, 1.54) is 0 Å². The van der Waals surface area contributed by atoms with Crippen molar-refractivity contribution in [2.45, 2.75) is 31.3 Å². The van der Waals surface area contributed by atoms with Crippen molar-refractivity contribution in [3.63, 3.8) is 0 Å². The first-order valence-electron chi connectivity index (χ1n) is 14.5. The van der Waals surface area contributed by atoms with E-state index in [0.717, 1.165) is 57.4 Å². The summed E-state index contributed by atoms with van der Waals surface area (Å²) >= 11 is 0. The molecule has 2 heterocycles. The molecule has 0 radical (unpaired) electrons. The molecule has 1 atom stereocenters. The number of imidazole rings is 1. The standard InChI is InChI=1S/C38H31N3O/c1-2-24-40-26-33(32-20-12-13-21-35(32)40)37(42)28-22-23-34-36(25-28)41(27-39-34)38(29-14-6-3-7-15-29,30-16-8-4-9-17-30)31-18-10-5-11-19-31/h1,3-21,26-28H,22-25H2. The van der Waals surface area contributed by atoms with E-state index < -0.39 is 5.54 Å². The number of Topliss-reactive ketones (excluding diaryl/α,β-unsaturated/α-hetero) is 1. The highest BCUT2D eigenvalue weighted by molar-refractivity contribution is 6.09. The lowest BCUT2D eigenvalue weighted by atomic mass is 9.75. The molecular formula is C38H31N3O. The molecule has 0 amide bonds. The Morgan fingerprint density at radius 2 is 1.40 bits per heavy atom. The van der Waals surface area contributed by atoms with Crippen molar-refractivity contribution >= 4 is 16.7 Å². The quantitative estimate of drug-likeness (QED) is 0.120. The monoisotopic (exact) mass is 545 g/mol. The molecule has 0 N–H and O–H groups in total. The number of ketones is 1. The number of rotatable bonds is 7. The lowest BCUT2D eigenvalue weighted by Crippen LogP contribution is -2.39. The highest BCUT2D eigenvalue weighted by Gasteiger charge is 2.42. The highest BCUT2D eigenvalue weighted by atomic mass is 16.1. The average Bonchev–Trinajstić information content (AvgIpc) is 3.65. The zero-order valence-electron chi connectivity index (χ0n) is 23.4. The van der Waals surface area contributed by atoms with Gasteiger partial charge in [0, 0.05) is 34.3 Å². The fourth-order valence-electron chi connectivity index (χ4n) is 6.84. The number of aryl methyl sites for hydroxylation is 1. The third kappa shape index (κ3) is 4.09. The largest absolute Gasteiger partial charge is 0.335 e. The molecular weight excluding hydrogens is 514 g/mol. The van der Waals surface area contributed by atoms with Gasteiger partial charge in [0.2, 0.25) is 0 Å². The van der Waals surface area contributed by atoms with E-state index >= 15 is 0 Å². The van der Waals surface area contributed by atoms with Crippen LogP contribution in [0.25, 0.3) is 10.9 Å². The first-order valence-corrected chi connectivity index (χ1v) is 14.5. The Labute approximate surface area is 246 Å². The van der Waals surface area contributed by atoms with Gasteiger partial charge in [0.1, 0.15) is 5.54 Å². The lowest BCUT2D eigenvalue weighted by Gasteiger charge is -2.39. The number of nitrogens with zero attached hydrogens (tertiary/aromatic N) is 3. The van der Waals surface area contributed by atoms with E-state index in [9.17, 15) is 4.79 Å². The molecule has 4 nitrogen and oxygen atoms in total. The fourth-order valence-corrected chi connectivity index (χ4v) is 6.84. The van der Waals surface area contributed by atoms with E-state index in [-0.39, 0.29) is 11.7 Å². The molecule has 0 saturated carbocycles. The van der Waals surface area contributed by atoms with Crippen LogP contribution >= 0.6 is 0 Å². The van der Waals surface area contributed by atoms with Gasteiger partial charge in [-0.2, -0.15) is 0 Å². The summed E-state index contributed by atoms with van der Waals surface area (Å²) in [5.41, 5.74) is 6.72. The Morgan fingerprint density at radius 1 is 0.833 bits per heavy atom. The molecule has 1 aliphatic carbocycles. The summed E-state index contributed by atoms with van der Waals surface area (Å²) in [4.78, 5) is 19.2. The van der Waals surface area contributed by atoms with Crippen LogP contribution in [-0.4, -0.2) is 19.9 Å². The number of aromatic nitrogens is 3. The highest BCUT2D eigenvalue weighted by Crippen LogP contribution is 2.43. The number of benzene rings is 4. The van der Waals surface area contributed by atoms with Crippen LogP contribution in [0, 0.1) is 18.3 Å². The maximum absolute atomic E-state index is 14.2. The Hall–Kier alpha value is -5.14. The lowest BCUT2D eigenvalue weighted by molar-refractivity contribution is 0.0908. The minimum Gasteiger partial charge on any atom is -0.335 e. The molecule has 4 heteroatoms. The van der Waals surface area contributed by atoms with Gasteiger partial charge >= 0.3 is 0 Å². The number of fused-ring (bicyclic) bond motifs is 2. The van der Waals surface area contributed by atoms with Gasteiger partial charge in [-0.1, -0.05) is 115 Å². The summed E-state index contributed by atoms with van der Waals surface area (Å²) in [6.07, 6.45) is 11.7. The minimum atomic E-state index is -0.655. The molecule has 7 rings (SSSR count). The molecule has 0 bridgehead atoms. The van der Waals surface area contributed by atoms with Crippen LogP contribution in [0.4, 0.5) is 0 Å². The SMILES string of the molecule is C#CCn1cc(C(=O)C2CCc3ncn(C(c4ccccc4)(c4ccccc4)c4ccccc4)c3C2)c2ccccc21. The number of hydrogen-bond donors (Lipinski definition) is 0. The summed E-state index contributed by atoms with van der Waals surface area (Å²) in [5.74, 6) is 2.75. The van der Waals surface area contributed by atoms with Gasteiger partial charge in [-0.05, 0) is 42.0 Å². The van der Waals surface area contributed by atoms with Crippen LogP contribution in [-0.2, 0) is 24.9 Å². The van der Waals surface area contributed by atoms with Crippen molar-refractivity contribution in [3.05, 3.63) is 161 Å². The number of terminal acetylenes is 1. The zero-order chi connectivity index (χ0) is 28.5. The van der Waals surface area contributed by atoms with E-state index in [4.69, 9.17) is 11.4 Å². The van der Waals surface area contributed by atoms with Gasteiger partial charge in [0.15, 0.2) is 5.78 Å². The normalized spacial score (nSPS) is 14.8. The first kappa shape index (κ1) is 25.8. The molecule has 0 aliphatic heterocycles. The van der Waals surface area contributed by atoms with Crippen molar-refractivity contribution in [1.82, 2.24) is 14.1 Å². The maximum Gasteiger partial charge on any atom is 0.168 e. The molecule has 4 aromatic carbocycles. The Kier molecular flexibility index (Phi) is 6.56. The topological polar surface area (TPSA) is 39.8 Å². The number of carbonyl (C=O) groups is 1. The summed E-state index contributed by atoms with van der Waals surface area (Å²) in [5, 5.41) is 0.962. The molecule has 204 valence electrons. The average molecular weight is 546 g/mol. The fraction of sp³-hybridized carbons (Fsp3) is 0.158. The minimum absolute atomic E-state index is 0.155. The van der Waals surface area contributed by atoms with Crippen LogP contribution in [0.15, 0.2) is 128 Å². The number of hydrogen-bond acceptors (Lipinski definition) is 2. The Balaban J connectivity index is 1.38. The van der Waals surface area contributed by atoms with E-state index in [2.05, 4.69) is 101 Å².